The number of benzene rings is 1. The zero-order valence-electron chi connectivity index (χ0n) is 10.4. The molecular weight excluding hydrogens is 224 g/mol. The van der Waals surface area contributed by atoms with E-state index in [2.05, 4.69) is 21.5 Å². The third-order valence-corrected chi connectivity index (χ3v) is 3.26. The van der Waals surface area contributed by atoms with Gasteiger partial charge in [0.05, 0.1) is 23.2 Å². The Morgan fingerprint density at radius 1 is 1.11 bits per heavy atom. The number of anilines is 1. The topological polar surface area (TPSA) is 56.7 Å². The van der Waals surface area contributed by atoms with Crippen LogP contribution < -0.4 is 5.73 Å². The largest absolute Gasteiger partial charge is 0.399 e. The molecule has 3 aromatic rings. The predicted molar refractivity (Wildman–Crippen MR) is 72.8 cm³/mol. The smallest absolute Gasteiger partial charge is 0.0997 e. The normalized spacial score (nSPS) is 11.0. The van der Waals surface area contributed by atoms with Crippen LogP contribution >= 0.6 is 0 Å². The molecule has 0 atom stereocenters. The molecule has 3 rings (SSSR count). The maximum Gasteiger partial charge on any atom is 0.0997 e. The molecule has 0 radical (unpaired) electrons. The highest BCUT2D eigenvalue weighted by molar-refractivity contribution is 5.89. The van der Waals surface area contributed by atoms with Crippen LogP contribution in [0, 0.1) is 13.8 Å². The van der Waals surface area contributed by atoms with E-state index in [1.54, 1.807) is 6.20 Å². The van der Waals surface area contributed by atoms with Gasteiger partial charge in [0.1, 0.15) is 0 Å². The van der Waals surface area contributed by atoms with Crippen LogP contribution in [0.25, 0.3) is 16.6 Å². The molecule has 0 bridgehead atoms. The lowest BCUT2D eigenvalue weighted by atomic mass is 10.1. The van der Waals surface area contributed by atoms with E-state index in [9.17, 15) is 0 Å². The zero-order valence-corrected chi connectivity index (χ0v) is 10.4. The molecule has 2 aromatic heterocycles. The van der Waals surface area contributed by atoms with Gasteiger partial charge in [0.2, 0.25) is 0 Å². The Bertz CT molecular complexity index is 728. The molecule has 0 aliphatic carbocycles. The fourth-order valence-corrected chi connectivity index (χ4v) is 2.10. The number of imidazole rings is 1. The van der Waals surface area contributed by atoms with E-state index in [0.717, 1.165) is 33.7 Å². The highest BCUT2D eigenvalue weighted by Gasteiger charge is 2.08. The van der Waals surface area contributed by atoms with E-state index in [0.29, 0.717) is 0 Å². The van der Waals surface area contributed by atoms with Gasteiger partial charge in [0.25, 0.3) is 0 Å². The number of aryl methyl sites for hydroxylation is 1. The minimum Gasteiger partial charge on any atom is -0.399 e. The minimum atomic E-state index is 0.727. The van der Waals surface area contributed by atoms with Crippen molar-refractivity contribution in [3.63, 3.8) is 0 Å². The molecular formula is C14H14N4. The van der Waals surface area contributed by atoms with E-state index < -0.39 is 0 Å². The van der Waals surface area contributed by atoms with Crippen molar-refractivity contribution in [3.8, 4) is 5.69 Å². The number of aromatic nitrogens is 3. The van der Waals surface area contributed by atoms with Crippen molar-refractivity contribution in [3.05, 3.63) is 48.2 Å². The molecule has 1 aromatic carbocycles. The fraction of sp³-hybridized carbons (Fsp3) is 0.143. The number of fused-ring (bicyclic) bond motifs is 1. The van der Waals surface area contributed by atoms with Gasteiger partial charge in [-0.15, -0.1) is 0 Å². The number of hydrogen-bond donors (Lipinski definition) is 1. The fourth-order valence-electron chi connectivity index (χ4n) is 2.10. The summed E-state index contributed by atoms with van der Waals surface area (Å²) in [6.45, 7) is 4.07. The molecule has 0 saturated heterocycles. The van der Waals surface area contributed by atoms with Crippen molar-refractivity contribution in [1.29, 1.82) is 0 Å². The van der Waals surface area contributed by atoms with Crippen LogP contribution in [0.3, 0.4) is 0 Å². The van der Waals surface area contributed by atoms with Gasteiger partial charge in [-0.2, -0.15) is 0 Å². The van der Waals surface area contributed by atoms with Gasteiger partial charge in [0.15, 0.2) is 0 Å². The van der Waals surface area contributed by atoms with E-state index in [4.69, 9.17) is 5.73 Å². The van der Waals surface area contributed by atoms with Crippen LogP contribution in [0.2, 0.25) is 0 Å². The summed E-state index contributed by atoms with van der Waals surface area (Å²) in [7, 11) is 0. The summed E-state index contributed by atoms with van der Waals surface area (Å²) in [4.78, 5) is 8.69. The van der Waals surface area contributed by atoms with Gasteiger partial charge in [-0.1, -0.05) is 0 Å². The molecule has 90 valence electrons. The van der Waals surface area contributed by atoms with Gasteiger partial charge < -0.3 is 10.3 Å². The monoisotopic (exact) mass is 238 g/mol. The standard InChI is InChI=1S/C14H14N4/c1-9-10(2)18(8-17-9)14-5-6-16-13-7-11(15)3-4-12(13)14/h3-8H,15H2,1-2H3. The van der Waals surface area contributed by atoms with E-state index >= 15 is 0 Å². The van der Waals surface area contributed by atoms with Crippen molar-refractivity contribution in [1.82, 2.24) is 14.5 Å². The first-order valence-corrected chi connectivity index (χ1v) is 5.82. The Labute approximate surface area is 105 Å². The molecule has 4 heteroatoms. The van der Waals surface area contributed by atoms with Crippen LogP contribution in [-0.4, -0.2) is 14.5 Å². The van der Waals surface area contributed by atoms with Crippen molar-refractivity contribution >= 4 is 16.6 Å². The van der Waals surface area contributed by atoms with Gasteiger partial charge in [-0.25, -0.2) is 4.98 Å². The Hall–Kier alpha value is -2.36. The number of rotatable bonds is 1. The average Bonchev–Trinajstić information content (AvgIpc) is 2.69. The molecule has 0 aliphatic rings. The zero-order chi connectivity index (χ0) is 12.7. The summed E-state index contributed by atoms with van der Waals surface area (Å²) in [5.41, 5.74) is 10.7. The van der Waals surface area contributed by atoms with Gasteiger partial charge >= 0.3 is 0 Å². The molecule has 0 saturated carbocycles. The van der Waals surface area contributed by atoms with Gasteiger partial charge in [-0.05, 0) is 38.1 Å². The second-order valence-electron chi connectivity index (χ2n) is 4.39. The summed E-state index contributed by atoms with van der Waals surface area (Å²) < 4.78 is 2.08. The number of nitrogens with two attached hydrogens (primary N) is 1. The Morgan fingerprint density at radius 3 is 2.67 bits per heavy atom. The third kappa shape index (κ3) is 1.54. The lowest BCUT2D eigenvalue weighted by Gasteiger charge is -2.09. The first kappa shape index (κ1) is 10.8. The number of nitrogens with zero attached hydrogens (tertiary/aromatic N) is 3. The van der Waals surface area contributed by atoms with Crippen LogP contribution in [0.5, 0.6) is 0 Å². The second kappa shape index (κ2) is 3.84. The lowest BCUT2D eigenvalue weighted by Crippen LogP contribution is -1.98. The second-order valence-corrected chi connectivity index (χ2v) is 4.39. The highest BCUT2D eigenvalue weighted by atomic mass is 15.1. The van der Waals surface area contributed by atoms with E-state index in [1.165, 1.54) is 0 Å². The molecule has 4 nitrogen and oxygen atoms in total. The highest BCUT2D eigenvalue weighted by Crippen LogP contribution is 2.24. The maximum atomic E-state index is 5.79. The molecule has 0 unspecified atom stereocenters. The van der Waals surface area contributed by atoms with E-state index in [1.807, 2.05) is 37.5 Å². The van der Waals surface area contributed by atoms with Crippen molar-refractivity contribution < 1.29 is 0 Å². The van der Waals surface area contributed by atoms with Crippen molar-refractivity contribution in [2.45, 2.75) is 13.8 Å². The molecule has 18 heavy (non-hydrogen) atoms. The summed E-state index contributed by atoms with van der Waals surface area (Å²) in [5.74, 6) is 0. The summed E-state index contributed by atoms with van der Waals surface area (Å²) in [5, 5.41) is 1.08. The Morgan fingerprint density at radius 2 is 1.94 bits per heavy atom. The molecule has 2 heterocycles. The van der Waals surface area contributed by atoms with Crippen LogP contribution in [-0.2, 0) is 0 Å². The van der Waals surface area contributed by atoms with Gasteiger partial charge in [0, 0.05) is 23.0 Å². The SMILES string of the molecule is Cc1ncn(-c2ccnc3cc(N)ccc23)c1C. The predicted octanol–water partition coefficient (Wildman–Crippen LogP) is 2.62. The molecule has 0 spiro atoms. The minimum absolute atomic E-state index is 0.727. The molecule has 0 amide bonds. The van der Waals surface area contributed by atoms with Crippen molar-refractivity contribution in [2.24, 2.45) is 0 Å². The van der Waals surface area contributed by atoms with E-state index in [-0.39, 0.29) is 0 Å². The van der Waals surface area contributed by atoms with Crippen molar-refractivity contribution in [2.75, 3.05) is 5.73 Å². The molecule has 0 fully saturated rings. The first-order valence-electron chi connectivity index (χ1n) is 5.82. The maximum absolute atomic E-state index is 5.79. The number of nitrogen functional groups attached to an aromatic ring is 1. The summed E-state index contributed by atoms with van der Waals surface area (Å²) in [6.07, 6.45) is 3.64. The summed E-state index contributed by atoms with van der Waals surface area (Å²) in [6, 6.07) is 7.78. The molecule has 0 aliphatic heterocycles. The lowest BCUT2D eigenvalue weighted by molar-refractivity contribution is 1.01. The van der Waals surface area contributed by atoms with Crippen LogP contribution in [0.4, 0.5) is 5.69 Å². The number of pyridine rings is 1. The van der Waals surface area contributed by atoms with Crippen LogP contribution in [0.15, 0.2) is 36.8 Å². The Kier molecular flexibility index (Phi) is 2.30. The average molecular weight is 238 g/mol. The first-order chi connectivity index (χ1) is 8.66. The number of hydrogen-bond acceptors (Lipinski definition) is 3. The molecule has 2 N–H and O–H groups in total. The Balaban J connectivity index is 2.33. The summed E-state index contributed by atoms with van der Waals surface area (Å²) >= 11 is 0. The van der Waals surface area contributed by atoms with Crippen LogP contribution in [0.1, 0.15) is 11.4 Å². The van der Waals surface area contributed by atoms with Gasteiger partial charge in [-0.3, -0.25) is 4.98 Å². The third-order valence-electron chi connectivity index (χ3n) is 3.26. The quantitative estimate of drug-likeness (QED) is 0.663.